The van der Waals surface area contributed by atoms with Gasteiger partial charge in [0, 0.05) is 28.6 Å². The lowest BCUT2D eigenvalue weighted by Crippen LogP contribution is -2.01. The number of nitrogens with zero attached hydrogens (tertiary/aromatic N) is 5. The largest absolute Gasteiger partial charge is 0.399 e. The first-order valence-electron chi connectivity index (χ1n) is 12.3. The van der Waals surface area contributed by atoms with Crippen LogP contribution in [0.3, 0.4) is 0 Å². The van der Waals surface area contributed by atoms with E-state index in [2.05, 4.69) is 22.3 Å². The molecule has 2 aromatic heterocycles. The maximum atomic E-state index is 10.8. The molecule has 0 spiro atoms. The van der Waals surface area contributed by atoms with E-state index in [1.807, 2.05) is 89.9 Å². The van der Waals surface area contributed by atoms with Gasteiger partial charge in [-0.05, 0) is 49.2 Å². The second-order valence-electron chi connectivity index (χ2n) is 9.19. The van der Waals surface area contributed by atoms with Crippen molar-refractivity contribution in [2.75, 3.05) is 5.73 Å². The van der Waals surface area contributed by atoms with Crippen molar-refractivity contribution in [1.29, 1.82) is 0 Å². The molecule has 2 heterocycles. The first-order valence-corrected chi connectivity index (χ1v) is 12.3. The molecule has 190 valence electrons. The number of hydrogen-bond donors (Lipinski definition) is 1. The highest BCUT2D eigenvalue weighted by Crippen LogP contribution is 2.24. The monoisotopic (exact) mass is 504 g/mol. The molecule has 8 nitrogen and oxygen atoms in total. The van der Waals surface area contributed by atoms with Gasteiger partial charge in [-0.1, -0.05) is 60.7 Å². The lowest BCUT2D eigenvalue weighted by Gasteiger charge is -2.03. The Morgan fingerprint density at radius 2 is 1.18 bits per heavy atom. The Bertz CT molecular complexity index is 1720. The lowest BCUT2D eigenvalue weighted by atomic mass is 10.2. The smallest absolute Gasteiger partial charge is 0.270 e. The number of aryl methyl sites for hydroxylation is 2. The fourth-order valence-electron chi connectivity index (χ4n) is 4.55. The third-order valence-corrected chi connectivity index (χ3v) is 6.44. The molecule has 0 bridgehead atoms. The molecule has 4 aromatic carbocycles. The molecule has 0 aliphatic carbocycles. The third-order valence-electron chi connectivity index (χ3n) is 6.44. The van der Waals surface area contributed by atoms with Gasteiger partial charge < -0.3 is 5.73 Å². The molecule has 0 amide bonds. The Hall–Kier alpha value is -4.98. The van der Waals surface area contributed by atoms with Crippen molar-refractivity contribution in [2.45, 2.75) is 26.9 Å². The number of hydrogen-bond acceptors (Lipinski definition) is 5. The van der Waals surface area contributed by atoms with E-state index in [9.17, 15) is 10.1 Å². The van der Waals surface area contributed by atoms with Crippen LogP contribution in [-0.2, 0) is 13.1 Å². The Balaban J connectivity index is 0.000000156. The number of non-ortho nitro benzene ring substituents is 1. The summed E-state index contributed by atoms with van der Waals surface area (Å²) in [4.78, 5) is 10.5. The second kappa shape index (κ2) is 10.6. The highest BCUT2D eigenvalue weighted by molar-refractivity contribution is 5.85. The zero-order valence-corrected chi connectivity index (χ0v) is 21.3. The molecule has 6 rings (SSSR count). The molecular weight excluding hydrogens is 476 g/mol. The van der Waals surface area contributed by atoms with Crippen LogP contribution in [0.4, 0.5) is 11.4 Å². The summed E-state index contributed by atoms with van der Waals surface area (Å²) >= 11 is 0. The summed E-state index contributed by atoms with van der Waals surface area (Å²) in [5.41, 5.74) is 13.0. The fraction of sp³-hybridized carbons (Fsp3) is 0.133. The maximum absolute atomic E-state index is 10.8. The molecule has 8 heteroatoms. The van der Waals surface area contributed by atoms with Crippen molar-refractivity contribution < 1.29 is 4.92 Å². The quantitative estimate of drug-likeness (QED) is 0.169. The van der Waals surface area contributed by atoms with Crippen molar-refractivity contribution in [2.24, 2.45) is 0 Å². The predicted octanol–water partition coefficient (Wildman–Crippen LogP) is 6.28. The fourth-order valence-corrected chi connectivity index (χ4v) is 4.55. The molecule has 0 radical (unpaired) electrons. The van der Waals surface area contributed by atoms with Crippen molar-refractivity contribution in [1.82, 2.24) is 19.6 Å². The van der Waals surface area contributed by atoms with Crippen molar-refractivity contribution in [3.05, 3.63) is 130 Å². The standard InChI is InChI=1S/C15H13N3O2.C15H15N3/c1-11-14-9-13(18(19)20)7-8-15(14)17(16-11)10-12-5-3-2-4-6-12;1-11-14-9-13(16)7-8-15(14)18(17-11)10-12-5-3-2-4-6-12/h2-9H,10H2,1H3;2-9H,10,16H2,1H3. The van der Waals surface area contributed by atoms with Gasteiger partial charge in [-0.15, -0.1) is 0 Å². The molecule has 6 aromatic rings. The SMILES string of the molecule is Cc1nn(Cc2ccccc2)c2ccc(N)cc12.Cc1nn(Cc2ccccc2)c2ccc([N+](=O)[O-])cc12. The summed E-state index contributed by atoms with van der Waals surface area (Å²) < 4.78 is 3.91. The van der Waals surface area contributed by atoms with Crippen LogP contribution in [-0.4, -0.2) is 24.5 Å². The summed E-state index contributed by atoms with van der Waals surface area (Å²) in [5, 5.41) is 21.9. The number of aromatic nitrogens is 4. The number of rotatable bonds is 5. The summed E-state index contributed by atoms with van der Waals surface area (Å²) in [6, 6.07) is 31.2. The minimum atomic E-state index is -0.382. The summed E-state index contributed by atoms with van der Waals surface area (Å²) in [5.74, 6) is 0. The van der Waals surface area contributed by atoms with Crippen LogP contribution in [0.15, 0.2) is 97.1 Å². The first-order chi connectivity index (χ1) is 18.4. The number of nitro benzene ring substituents is 1. The van der Waals surface area contributed by atoms with Gasteiger partial charge in [0.15, 0.2) is 0 Å². The van der Waals surface area contributed by atoms with E-state index in [0.717, 1.165) is 51.0 Å². The minimum Gasteiger partial charge on any atom is -0.399 e. The van der Waals surface area contributed by atoms with Gasteiger partial charge in [-0.25, -0.2) is 0 Å². The highest BCUT2D eigenvalue weighted by atomic mass is 16.6. The highest BCUT2D eigenvalue weighted by Gasteiger charge is 2.13. The van der Waals surface area contributed by atoms with E-state index in [0.29, 0.717) is 6.54 Å². The van der Waals surface area contributed by atoms with E-state index in [-0.39, 0.29) is 10.6 Å². The van der Waals surface area contributed by atoms with E-state index in [4.69, 9.17) is 5.73 Å². The van der Waals surface area contributed by atoms with E-state index >= 15 is 0 Å². The Labute approximate surface area is 220 Å². The molecule has 0 fully saturated rings. The maximum Gasteiger partial charge on any atom is 0.270 e. The Morgan fingerprint density at radius 3 is 1.68 bits per heavy atom. The van der Waals surface area contributed by atoms with Crippen LogP contribution in [0.25, 0.3) is 21.8 Å². The second-order valence-corrected chi connectivity index (χ2v) is 9.19. The molecule has 0 unspecified atom stereocenters. The van der Waals surface area contributed by atoms with E-state index in [1.165, 1.54) is 11.6 Å². The number of benzene rings is 4. The molecule has 0 aliphatic rings. The van der Waals surface area contributed by atoms with E-state index in [1.54, 1.807) is 12.1 Å². The van der Waals surface area contributed by atoms with Crippen molar-refractivity contribution >= 4 is 33.2 Å². The van der Waals surface area contributed by atoms with Gasteiger partial charge in [0.05, 0.1) is 40.4 Å². The summed E-state index contributed by atoms with van der Waals surface area (Å²) in [6.45, 7) is 5.33. The molecule has 0 saturated carbocycles. The molecule has 0 saturated heterocycles. The van der Waals surface area contributed by atoms with Gasteiger partial charge >= 0.3 is 0 Å². The molecule has 0 aliphatic heterocycles. The molecule has 2 N–H and O–H groups in total. The van der Waals surface area contributed by atoms with Gasteiger partial charge in [0.2, 0.25) is 0 Å². The molecule has 38 heavy (non-hydrogen) atoms. The molecule has 0 atom stereocenters. The summed E-state index contributed by atoms with van der Waals surface area (Å²) in [6.07, 6.45) is 0. The van der Waals surface area contributed by atoms with Crippen molar-refractivity contribution in [3.8, 4) is 0 Å². The summed E-state index contributed by atoms with van der Waals surface area (Å²) in [7, 11) is 0. The van der Waals surface area contributed by atoms with Gasteiger partial charge in [-0.3, -0.25) is 19.5 Å². The normalized spacial score (nSPS) is 10.9. The number of nitrogen functional groups attached to an aromatic ring is 1. The lowest BCUT2D eigenvalue weighted by molar-refractivity contribution is -0.384. The third kappa shape index (κ3) is 5.24. The van der Waals surface area contributed by atoms with Crippen LogP contribution >= 0.6 is 0 Å². The van der Waals surface area contributed by atoms with Crippen LogP contribution < -0.4 is 5.73 Å². The first kappa shape index (κ1) is 24.7. The van der Waals surface area contributed by atoms with E-state index < -0.39 is 0 Å². The van der Waals surface area contributed by atoms with Crippen LogP contribution in [0.2, 0.25) is 0 Å². The van der Waals surface area contributed by atoms with Crippen LogP contribution in [0.1, 0.15) is 22.5 Å². The predicted molar refractivity (Wildman–Crippen MR) is 151 cm³/mol. The van der Waals surface area contributed by atoms with Gasteiger partial charge in [0.1, 0.15) is 0 Å². The molecular formula is C30H28N6O2. The van der Waals surface area contributed by atoms with Crippen LogP contribution in [0, 0.1) is 24.0 Å². The minimum absolute atomic E-state index is 0.0971. The average molecular weight is 505 g/mol. The number of anilines is 1. The average Bonchev–Trinajstić information content (AvgIpc) is 3.40. The van der Waals surface area contributed by atoms with Crippen molar-refractivity contribution in [3.63, 3.8) is 0 Å². The van der Waals surface area contributed by atoms with Gasteiger partial charge in [0.25, 0.3) is 5.69 Å². The Morgan fingerprint density at radius 1 is 0.711 bits per heavy atom. The zero-order chi connectivity index (χ0) is 26.6. The zero-order valence-electron chi connectivity index (χ0n) is 21.3. The van der Waals surface area contributed by atoms with Crippen LogP contribution in [0.5, 0.6) is 0 Å². The number of nitrogens with two attached hydrogens (primary N) is 1. The topological polar surface area (TPSA) is 105 Å². The van der Waals surface area contributed by atoms with Gasteiger partial charge in [-0.2, -0.15) is 10.2 Å². The number of fused-ring (bicyclic) bond motifs is 2. The Kier molecular flexibility index (Phi) is 6.86. The number of nitro groups is 1.